The first kappa shape index (κ1) is 8.75. The van der Waals surface area contributed by atoms with Crippen LogP contribution in [0, 0.1) is 0 Å². The fraction of sp³-hybridized carbons (Fsp3) is 0.556. The predicted molar refractivity (Wildman–Crippen MR) is 51.1 cm³/mol. The molecule has 1 atom stereocenters. The Labute approximate surface area is 72.2 Å². The van der Waals surface area contributed by atoms with Crippen molar-refractivity contribution in [2.45, 2.75) is 32.7 Å². The smallest absolute Gasteiger partial charge is 0.00750 e. The zero-order valence-corrected chi connectivity index (χ0v) is 7.95. The standard InChI is InChI=1S/C9H15NS/c1-3-9-8(4-5-11-9)6-7(2)10/h4-5,7H,3,6,10H2,1-2H3. The number of nitrogens with two attached hydrogens (primary N) is 1. The van der Waals surface area contributed by atoms with Gasteiger partial charge >= 0.3 is 0 Å². The molecule has 11 heavy (non-hydrogen) atoms. The molecule has 1 unspecified atom stereocenters. The molecule has 1 nitrogen and oxygen atoms in total. The van der Waals surface area contributed by atoms with Crippen molar-refractivity contribution < 1.29 is 0 Å². The number of rotatable bonds is 3. The lowest BCUT2D eigenvalue weighted by Gasteiger charge is -2.04. The van der Waals surface area contributed by atoms with E-state index in [1.54, 1.807) is 0 Å². The molecule has 0 radical (unpaired) electrons. The third-order valence-electron chi connectivity index (χ3n) is 1.70. The highest BCUT2D eigenvalue weighted by Gasteiger charge is 2.03. The van der Waals surface area contributed by atoms with E-state index in [-0.39, 0.29) is 6.04 Å². The highest BCUT2D eigenvalue weighted by Crippen LogP contribution is 2.18. The van der Waals surface area contributed by atoms with Crippen LogP contribution in [0.5, 0.6) is 0 Å². The van der Waals surface area contributed by atoms with Gasteiger partial charge in [-0.15, -0.1) is 11.3 Å². The highest BCUT2D eigenvalue weighted by molar-refractivity contribution is 7.10. The summed E-state index contributed by atoms with van der Waals surface area (Å²) in [6.45, 7) is 4.24. The van der Waals surface area contributed by atoms with Crippen molar-refractivity contribution in [2.75, 3.05) is 0 Å². The van der Waals surface area contributed by atoms with Crippen molar-refractivity contribution in [1.82, 2.24) is 0 Å². The molecule has 0 aliphatic rings. The molecule has 0 fully saturated rings. The van der Waals surface area contributed by atoms with Crippen LogP contribution in [0.2, 0.25) is 0 Å². The van der Waals surface area contributed by atoms with Crippen LogP contribution in [0.15, 0.2) is 11.4 Å². The summed E-state index contributed by atoms with van der Waals surface area (Å²) in [5.41, 5.74) is 7.15. The Kier molecular flexibility index (Phi) is 3.09. The summed E-state index contributed by atoms with van der Waals surface area (Å²) in [5.74, 6) is 0. The van der Waals surface area contributed by atoms with E-state index >= 15 is 0 Å². The summed E-state index contributed by atoms with van der Waals surface area (Å²) in [6, 6.07) is 2.47. The summed E-state index contributed by atoms with van der Waals surface area (Å²) in [4.78, 5) is 1.49. The van der Waals surface area contributed by atoms with E-state index in [4.69, 9.17) is 5.73 Å². The Balaban J connectivity index is 2.68. The Morgan fingerprint density at radius 2 is 2.36 bits per heavy atom. The van der Waals surface area contributed by atoms with Gasteiger partial charge in [-0.2, -0.15) is 0 Å². The van der Waals surface area contributed by atoms with Crippen molar-refractivity contribution in [3.8, 4) is 0 Å². The molecule has 0 amide bonds. The summed E-state index contributed by atoms with van der Waals surface area (Å²) in [5, 5.41) is 2.15. The van der Waals surface area contributed by atoms with Gasteiger partial charge < -0.3 is 5.73 Å². The molecule has 0 saturated heterocycles. The second-order valence-electron chi connectivity index (χ2n) is 2.90. The van der Waals surface area contributed by atoms with Crippen molar-refractivity contribution >= 4 is 11.3 Å². The van der Waals surface area contributed by atoms with Gasteiger partial charge in [-0.3, -0.25) is 0 Å². The molecule has 0 spiro atoms. The molecule has 1 heterocycles. The number of hydrogen-bond donors (Lipinski definition) is 1. The molecule has 1 aromatic heterocycles. The first-order valence-corrected chi connectivity index (χ1v) is 4.92. The summed E-state index contributed by atoms with van der Waals surface area (Å²) in [6.07, 6.45) is 2.16. The molecule has 2 heteroatoms. The van der Waals surface area contributed by atoms with Gasteiger partial charge in [-0.25, -0.2) is 0 Å². The molecule has 0 bridgehead atoms. The second kappa shape index (κ2) is 3.88. The number of hydrogen-bond acceptors (Lipinski definition) is 2. The van der Waals surface area contributed by atoms with Crippen LogP contribution in [0.25, 0.3) is 0 Å². The largest absolute Gasteiger partial charge is 0.328 e. The molecule has 0 aromatic carbocycles. The SMILES string of the molecule is CCc1sccc1CC(C)N. The molecule has 1 rings (SSSR count). The van der Waals surface area contributed by atoms with Crippen LogP contribution < -0.4 is 5.73 Å². The van der Waals surface area contributed by atoms with Crippen LogP contribution in [0.3, 0.4) is 0 Å². The van der Waals surface area contributed by atoms with E-state index < -0.39 is 0 Å². The number of thiophene rings is 1. The van der Waals surface area contributed by atoms with Crippen LogP contribution in [-0.4, -0.2) is 6.04 Å². The first-order valence-electron chi connectivity index (χ1n) is 4.04. The van der Waals surface area contributed by atoms with Gasteiger partial charge in [0.2, 0.25) is 0 Å². The van der Waals surface area contributed by atoms with Crippen LogP contribution in [-0.2, 0) is 12.8 Å². The molecule has 2 N–H and O–H groups in total. The fourth-order valence-corrected chi connectivity index (χ4v) is 2.07. The second-order valence-corrected chi connectivity index (χ2v) is 3.90. The van der Waals surface area contributed by atoms with E-state index in [0.29, 0.717) is 0 Å². The third-order valence-corrected chi connectivity index (χ3v) is 2.81. The molecule has 0 aliphatic heterocycles. The van der Waals surface area contributed by atoms with Crippen LogP contribution in [0.1, 0.15) is 24.3 Å². The minimum atomic E-state index is 0.287. The van der Waals surface area contributed by atoms with Gasteiger partial charge in [0.1, 0.15) is 0 Å². The molecule has 1 aromatic rings. The predicted octanol–water partition coefficient (Wildman–Crippen LogP) is 2.20. The maximum Gasteiger partial charge on any atom is 0.00750 e. The Morgan fingerprint density at radius 1 is 1.64 bits per heavy atom. The van der Waals surface area contributed by atoms with Gasteiger partial charge in [-0.05, 0) is 36.8 Å². The normalized spacial score (nSPS) is 13.4. The van der Waals surface area contributed by atoms with Gasteiger partial charge in [0.15, 0.2) is 0 Å². The first-order chi connectivity index (χ1) is 5.24. The lowest BCUT2D eigenvalue weighted by molar-refractivity contribution is 0.735. The van der Waals surface area contributed by atoms with Crippen molar-refractivity contribution in [1.29, 1.82) is 0 Å². The number of aryl methyl sites for hydroxylation is 1. The van der Waals surface area contributed by atoms with Crippen LogP contribution >= 0.6 is 11.3 Å². The zero-order valence-electron chi connectivity index (χ0n) is 7.13. The van der Waals surface area contributed by atoms with Gasteiger partial charge in [0, 0.05) is 10.9 Å². The van der Waals surface area contributed by atoms with E-state index in [9.17, 15) is 0 Å². The summed E-state index contributed by atoms with van der Waals surface area (Å²) < 4.78 is 0. The quantitative estimate of drug-likeness (QED) is 0.737. The van der Waals surface area contributed by atoms with Gasteiger partial charge in [0.25, 0.3) is 0 Å². The minimum Gasteiger partial charge on any atom is -0.328 e. The Bertz CT molecular complexity index is 215. The Morgan fingerprint density at radius 3 is 2.91 bits per heavy atom. The summed E-state index contributed by atoms with van der Waals surface area (Å²) >= 11 is 1.84. The topological polar surface area (TPSA) is 26.0 Å². The minimum absolute atomic E-state index is 0.287. The maximum absolute atomic E-state index is 5.71. The zero-order chi connectivity index (χ0) is 8.27. The van der Waals surface area contributed by atoms with Gasteiger partial charge in [0.05, 0.1) is 0 Å². The van der Waals surface area contributed by atoms with E-state index in [1.165, 1.54) is 10.4 Å². The highest BCUT2D eigenvalue weighted by atomic mass is 32.1. The van der Waals surface area contributed by atoms with Crippen molar-refractivity contribution in [3.05, 3.63) is 21.9 Å². The fourth-order valence-electron chi connectivity index (χ4n) is 1.21. The Hall–Kier alpha value is -0.340. The van der Waals surface area contributed by atoms with E-state index in [1.807, 2.05) is 11.3 Å². The monoisotopic (exact) mass is 169 g/mol. The average molecular weight is 169 g/mol. The molecule has 62 valence electrons. The average Bonchev–Trinajstić information content (AvgIpc) is 2.34. The third kappa shape index (κ3) is 2.31. The summed E-state index contributed by atoms with van der Waals surface area (Å²) in [7, 11) is 0. The molecular weight excluding hydrogens is 154 g/mol. The van der Waals surface area contributed by atoms with Crippen molar-refractivity contribution in [2.24, 2.45) is 5.73 Å². The molecular formula is C9H15NS. The van der Waals surface area contributed by atoms with Crippen LogP contribution in [0.4, 0.5) is 0 Å². The molecule has 0 saturated carbocycles. The lowest BCUT2D eigenvalue weighted by Crippen LogP contribution is -2.17. The molecule has 0 aliphatic carbocycles. The van der Waals surface area contributed by atoms with E-state index in [0.717, 1.165) is 12.8 Å². The van der Waals surface area contributed by atoms with E-state index in [2.05, 4.69) is 25.3 Å². The van der Waals surface area contributed by atoms with Gasteiger partial charge in [-0.1, -0.05) is 6.92 Å². The lowest BCUT2D eigenvalue weighted by atomic mass is 10.1. The van der Waals surface area contributed by atoms with Crippen molar-refractivity contribution in [3.63, 3.8) is 0 Å². The maximum atomic E-state index is 5.71.